The Bertz CT molecular complexity index is 995. The number of anilines is 2. The number of carbonyl (C=O) groups is 2. The first-order valence-electron chi connectivity index (χ1n) is 7.29. The van der Waals surface area contributed by atoms with Crippen molar-refractivity contribution in [1.82, 2.24) is 14.6 Å². The van der Waals surface area contributed by atoms with Gasteiger partial charge in [0.05, 0.1) is 23.1 Å². The lowest BCUT2D eigenvalue weighted by Gasteiger charge is -2.10. The van der Waals surface area contributed by atoms with E-state index in [0.29, 0.717) is 22.5 Å². The Balaban J connectivity index is 1.93. The molecule has 3 aromatic rings. The molecule has 1 aromatic carbocycles. The molecule has 1 unspecified atom stereocenters. The van der Waals surface area contributed by atoms with E-state index in [1.807, 2.05) is 24.3 Å². The summed E-state index contributed by atoms with van der Waals surface area (Å²) in [6.07, 6.45) is 1.77. The number of carboxylic acid groups (broad SMARTS) is 1. The van der Waals surface area contributed by atoms with Crippen LogP contribution in [0.25, 0.3) is 5.52 Å². The highest BCUT2D eigenvalue weighted by atomic mass is 16.4. The number of aryl methyl sites for hydroxylation is 1. The summed E-state index contributed by atoms with van der Waals surface area (Å²) in [5.74, 6) is -0.719. The van der Waals surface area contributed by atoms with Crippen LogP contribution < -0.4 is 10.6 Å². The molecule has 2 amide bonds. The Kier molecular flexibility index (Phi) is 2.99. The van der Waals surface area contributed by atoms with Crippen LogP contribution >= 0.6 is 0 Å². The molecule has 0 saturated carbocycles. The predicted molar refractivity (Wildman–Crippen MR) is 86.3 cm³/mol. The highest BCUT2D eigenvalue weighted by molar-refractivity contribution is 6.06. The van der Waals surface area contributed by atoms with Gasteiger partial charge in [0.25, 0.3) is 0 Å². The number of rotatable bonds is 2. The zero-order valence-electron chi connectivity index (χ0n) is 12.6. The summed E-state index contributed by atoms with van der Waals surface area (Å²) < 4.78 is 1.54. The van der Waals surface area contributed by atoms with E-state index in [0.717, 1.165) is 11.3 Å². The van der Waals surface area contributed by atoms with Gasteiger partial charge < -0.3 is 10.4 Å². The van der Waals surface area contributed by atoms with Crippen LogP contribution in [0.3, 0.4) is 0 Å². The molecule has 4 rings (SSSR count). The maximum Gasteiger partial charge on any atom is 0.409 e. The number of carbonyl (C=O) groups excluding carboxylic acids is 1. The minimum Gasteiger partial charge on any atom is -0.465 e. The van der Waals surface area contributed by atoms with Crippen molar-refractivity contribution < 1.29 is 14.7 Å². The van der Waals surface area contributed by atoms with E-state index in [9.17, 15) is 9.59 Å². The molecule has 1 aliphatic rings. The molecule has 2 aromatic heterocycles. The quantitative estimate of drug-likeness (QED) is 0.670. The first-order valence-corrected chi connectivity index (χ1v) is 7.29. The molecule has 3 heterocycles. The predicted octanol–water partition coefficient (Wildman–Crippen LogP) is 2.21. The largest absolute Gasteiger partial charge is 0.465 e. The Labute approximate surface area is 136 Å². The highest BCUT2D eigenvalue weighted by Crippen LogP contribution is 2.39. The number of fused-ring (bicyclic) bond motifs is 2. The van der Waals surface area contributed by atoms with E-state index >= 15 is 0 Å². The average Bonchev–Trinajstić information content (AvgIpc) is 3.04. The molecule has 24 heavy (non-hydrogen) atoms. The summed E-state index contributed by atoms with van der Waals surface area (Å²) in [6.45, 7) is 1.77. The Morgan fingerprint density at radius 1 is 1.38 bits per heavy atom. The summed E-state index contributed by atoms with van der Waals surface area (Å²) in [7, 11) is 0. The van der Waals surface area contributed by atoms with Crippen LogP contribution in [0.4, 0.5) is 16.2 Å². The van der Waals surface area contributed by atoms with E-state index in [4.69, 9.17) is 5.11 Å². The van der Waals surface area contributed by atoms with Gasteiger partial charge in [-0.3, -0.25) is 10.1 Å². The molecule has 0 spiro atoms. The lowest BCUT2D eigenvalue weighted by atomic mass is 9.95. The second-order valence-corrected chi connectivity index (χ2v) is 5.55. The Hall–Kier alpha value is -3.42. The van der Waals surface area contributed by atoms with Crippen LogP contribution in [0.5, 0.6) is 0 Å². The number of benzene rings is 1. The van der Waals surface area contributed by atoms with Gasteiger partial charge in [0, 0.05) is 11.3 Å². The molecule has 1 atom stereocenters. The van der Waals surface area contributed by atoms with Crippen molar-refractivity contribution >= 4 is 28.9 Å². The molecule has 1 aliphatic heterocycles. The van der Waals surface area contributed by atoms with Crippen molar-refractivity contribution in [2.24, 2.45) is 0 Å². The zero-order chi connectivity index (χ0) is 16.8. The number of nitrogens with one attached hydrogen (secondary N) is 2. The zero-order valence-corrected chi connectivity index (χ0v) is 12.6. The van der Waals surface area contributed by atoms with Crippen molar-refractivity contribution in [3.63, 3.8) is 0 Å². The van der Waals surface area contributed by atoms with Crippen molar-refractivity contribution in [2.45, 2.75) is 12.8 Å². The minimum absolute atomic E-state index is 0.162. The van der Waals surface area contributed by atoms with Crippen molar-refractivity contribution in [2.75, 3.05) is 10.6 Å². The lowest BCUT2D eigenvalue weighted by Crippen LogP contribution is -2.16. The molecule has 0 aliphatic carbocycles. The van der Waals surface area contributed by atoms with E-state index in [2.05, 4.69) is 20.7 Å². The summed E-state index contributed by atoms with van der Waals surface area (Å²) in [5.41, 5.74) is 3.86. The Morgan fingerprint density at radius 2 is 2.17 bits per heavy atom. The molecule has 0 radical (unpaired) electrons. The van der Waals surface area contributed by atoms with Gasteiger partial charge in [0.2, 0.25) is 5.91 Å². The number of nitrogens with zero attached hydrogens (tertiary/aromatic N) is 3. The summed E-state index contributed by atoms with van der Waals surface area (Å²) in [4.78, 5) is 27.7. The summed E-state index contributed by atoms with van der Waals surface area (Å²) >= 11 is 0. The number of hydrogen-bond donors (Lipinski definition) is 3. The first-order chi connectivity index (χ1) is 11.6. The SMILES string of the molecule is Cc1c(NC(=O)O)cn2ncnc(C3C(=O)Nc4ccccc43)c12. The maximum absolute atomic E-state index is 12.5. The van der Waals surface area contributed by atoms with Crippen molar-refractivity contribution in [1.29, 1.82) is 0 Å². The van der Waals surface area contributed by atoms with Crippen molar-refractivity contribution in [3.05, 3.63) is 53.6 Å². The van der Waals surface area contributed by atoms with Crippen molar-refractivity contribution in [3.8, 4) is 0 Å². The molecular weight excluding hydrogens is 310 g/mol. The molecule has 0 saturated heterocycles. The van der Waals surface area contributed by atoms with Crippen LogP contribution in [-0.2, 0) is 4.79 Å². The van der Waals surface area contributed by atoms with Gasteiger partial charge in [-0.1, -0.05) is 18.2 Å². The van der Waals surface area contributed by atoms with E-state index in [1.54, 1.807) is 13.1 Å². The minimum atomic E-state index is -1.16. The molecule has 0 fully saturated rings. The molecular formula is C16H13N5O3. The number of hydrogen-bond acceptors (Lipinski definition) is 4. The van der Waals surface area contributed by atoms with Gasteiger partial charge in [-0.2, -0.15) is 5.10 Å². The molecule has 0 bridgehead atoms. The van der Waals surface area contributed by atoms with Gasteiger partial charge in [0.15, 0.2) is 0 Å². The monoisotopic (exact) mass is 323 g/mol. The molecule has 120 valence electrons. The molecule has 3 N–H and O–H groups in total. The second-order valence-electron chi connectivity index (χ2n) is 5.55. The fraction of sp³-hybridized carbons (Fsp3) is 0.125. The fourth-order valence-corrected chi connectivity index (χ4v) is 3.12. The third kappa shape index (κ3) is 2.00. The topological polar surface area (TPSA) is 109 Å². The average molecular weight is 323 g/mol. The van der Waals surface area contributed by atoms with Gasteiger partial charge in [0.1, 0.15) is 12.2 Å². The third-order valence-corrected chi connectivity index (χ3v) is 4.16. The second kappa shape index (κ2) is 5.05. The third-order valence-electron chi connectivity index (χ3n) is 4.16. The van der Waals surface area contributed by atoms with Gasteiger partial charge in [-0.05, 0) is 18.6 Å². The van der Waals surface area contributed by atoms with Crippen LogP contribution in [0.2, 0.25) is 0 Å². The van der Waals surface area contributed by atoms with Crippen LogP contribution in [0.1, 0.15) is 22.7 Å². The molecule has 8 heteroatoms. The number of para-hydroxylation sites is 1. The summed E-state index contributed by atoms with van der Waals surface area (Å²) in [5, 5.41) is 18.3. The van der Waals surface area contributed by atoms with Gasteiger partial charge in [-0.15, -0.1) is 0 Å². The van der Waals surface area contributed by atoms with E-state index in [-0.39, 0.29) is 5.91 Å². The lowest BCUT2D eigenvalue weighted by molar-refractivity contribution is -0.116. The first kappa shape index (κ1) is 14.2. The van der Waals surface area contributed by atoms with Gasteiger partial charge >= 0.3 is 6.09 Å². The van der Waals surface area contributed by atoms with E-state index < -0.39 is 12.0 Å². The normalized spacial score (nSPS) is 16.0. The van der Waals surface area contributed by atoms with Gasteiger partial charge in [-0.25, -0.2) is 14.3 Å². The molecule has 8 nitrogen and oxygen atoms in total. The fourth-order valence-electron chi connectivity index (χ4n) is 3.12. The van der Waals surface area contributed by atoms with Crippen LogP contribution in [0.15, 0.2) is 36.8 Å². The summed E-state index contributed by atoms with van der Waals surface area (Å²) in [6, 6.07) is 7.45. The Morgan fingerprint density at radius 3 is 2.96 bits per heavy atom. The van der Waals surface area contributed by atoms with E-state index in [1.165, 1.54) is 10.8 Å². The van der Waals surface area contributed by atoms with Crippen LogP contribution in [0, 0.1) is 6.92 Å². The number of aromatic nitrogens is 3. The van der Waals surface area contributed by atoms with Crippen LogP contribution in [-0.4, -0.2) is 31.7 Å². The standard InChI is InChI=1S/C16H13N5O3/c1-8-11(20-16(23)24)6-21-14(8)13(17-7-18-21)12-9-4-2-3-5-10(9)19-15(12)22/h2-7,12,20H,1H3,(H,19,22)(H,23,24). The number of amides is 2. The smallest absolute Gasteiger partial charge is 0.409 e. The highest BCUT2D eigenvalue weighted by Gasteiger charge is 2.35. The maximum atomic E-state index is 12.5.